The third-order valence-corrected chi connectivity index (χ3v) is 4.69. The molecule has 0 atom stereocenters. The second kappa shape index (κ2) is 9.75. The molecule has 1 amide bonds. The van der Waals surface area contributed by atoms with Crippen molar-refractivity contribution in [1.29, 1.82) is 0 Å². The fraction of sp³-hybridized carbons (Fsp3) is 0.125. The van der Waals surface area contributed by atoms with E-state index < -0.39 is 0 Å². The topological polar surface area (TPSA) is 29.1 Å². The van der Waals surface area contributed by atoms with Gasteiger partial charge in [-0.1, -0.05) is 84.4 Å². The zero-order chi connectivity index (χ0) is 18.9. The lowest BCUT2D eigenvalue weighted by atomic mass is 9.88. The molecule has 0 aliphatic heterocycles. The number of hydrogen-bond donors (Lipinski definition) is 1. The van der Waals surface area contributed by atoms with E-state index in [2.05, 4.69) is 53.8 Å². The Balaban J connectivity index is 1.59. The molecule has 0 spiro atoms. The van der Waals surface area contributed by atoms with Crippen molar-refractivity contribution in [3.8, 4) is 0 Å². The number of carbonyl (C=O) groups excluding carboxylic acids is 1. The largest absolute Gasteiger partial charge is 0.353 e. The van der Waals surface area contributed by atoms with Crippen molar-refractivity contribution in [2.45, 2.75) is 12.3 Å². The van der Waals surface area contributed by atoms with Gasteiger partial charge in [0, 0.05) is 23.6 Å². The molecule has 0 aromatic heterocycles. The summed E-state index contributed by atoms with van der Waals surface area (Å²) in [7, 11) is 0. The summed E-state index contributed by atoms with van der Waals surface area (Å²) < 4.78 is 0. The summed E-state index contributed by atoms with van der Waals surface area (Å²) in [5.41, 5.74) is 3.46. The van der Waals surface area contributed by atoms with Gasteiger partial charge in [0.15, 0.2) is 0 Å². The molecular weight excluding hydrogens is 354 g/mol. The maximum Gasteiger partial charge on any atom is 0.243 e. The summed E-state index contributed by atoms with van der Waals surface area (Å²) in [4.78, 5) is 12.1. The monoisotopic (exact) mass is 375 g/mol. The Hall–Kier alpha value is -2.84. The first-order valence-corrected chi connectivity index (χ1v) is 9.41. The van der Waals surface area contributed by atoms with Gasteiger partial charge in [-0.3, -0.25) is 4.79 Å². The summed E-state index contributed by atoms with van der Waals surface area (Å²) >= 11 is 5.87. The van der Waals surface area contributed by atoms with Crippen molar-refractivity contribution in [3.63, 3.8) is 0 Å². The number of carbonyl (C=O) groups is 1. The van der Waals surface area contributed by atoms with Gasteiger partial charge in [-0.15, -0.1) is 0 Å². The number of hydrogen-bond acceptors (Lipinski definition) is 1. The van der Waals surface area contributed by atoms with Crippen molar-refractivity contribution < 1.29 is 4.79 Å². The highest BCUT2D eigenvalue weighted by atomic mass is 35.5. The van der Waals surface area contributed by atoms with E-state index in [-0.39, 0.29) is 11.8 Å². The number of rotatable bonds is 7. The zero-order valence-corrected chi connectivity index (χ0v) is 15.8. The van der Waals surface area contributed by atoms with E-state index in [4.69, 9.17) is 11.6 Å². The lowest BCUT2D eigenvalue weighted by molar-refractivity contribution is -0.116. The van der Waals surface area contributed by atoms with Gasteiger partial charge in [-0.05, 0) is 41.3 Å². The Morgan fingerprint density at radius 2 is 1.41 bits per heavy atom. The van der Waals surface area contributed by atoms with E-state index in [1.807, 2.05) is 36.4 Å². The molecule has 0 fully saturated rings. The van der Waals surface area contributed by atoms with Gasteiger partial charge in [-0.2, -0.15) is 0 Å². The standard InChI is InChI=1S/C24H22ClNO/c25-22-14-11-19(12-15-22)13-16-24(27)26-18-17-23(20-7-3-1-4-8-20)21-9-5-2-6-10-21/h1-16,23H,17-18H2,(H,26,27)/b16-13+. The molecule has 0 radical (unpaired) electrons. The first-order chi connectivity index (χ1) is 13.2. The average Bonchev–Trinajstić information content (AvgIpc) is 2.72. The first-order valence-electron chi connectivity index (χ1n) is 9.04. The van der Waals surface area contributed by atoms with E-state index in [0.717, 1.165) is 12.0 Å². The smallest absolute Gasteiger partial charge is 0.243 e. The Kier molecular flexibility index (Phi) is 6.84. The minimum atomic E-state index is -0.0928. The summed E-state index contributed by atoms with van der Waals surface area (Å²) in [5, 5.41) is 3.67. The van der Waals surface area contributed by atoms with Crippen molar-refractivity contribution in [1.82, 2.24) is 5.32 Å². The second-order valence-electron chi connectivity index (χ2n) is 6.34. The lowest BCUT2D eigenvalue weighted by Gasteiger charge is -2.18. The maximum absolute atomic E-state index is 12.1. The second-order valence-corrected chi connectivity index (χ2v) is 6.77. The molecule has 0 unspecified atom stereocenters. The third-order valence-electron chi connectivity index (χ3n) is 4.43. The molecule has 3 aromatic carbocycles. The minimum Gasteiger partial charge on any atom is -0.353 e. The number of amides is 1. The van der Waals surface area contributed by atoms with Gasteiger partial charge in [0.25, 0.3) is 0 Å². The van der Waals surface area contributed by atoms with E-state index >= 15 is 0 Å². The normalized spacial score (nSPS) is 11.0. The van der Waals surface area contributed by atoms with Crippen LogP contribution in [0.4, 0.5) is 0 Å². The van der Waals surface area contributed by atoms with Crippen molar-refractivity contribution in [2.24, 2.45) is 0 Å². The van der Waals surface area contributed by atoms with Crippen molar-refractivity contribution in [2.75, 3.05) is 6.54 Å². The van der Waals surface area contributed by atoms with E-state index in [1.54, 1.807) is 12.2 Å². The highest BCUT2D eigenvalue weighted by Crippen LogP contribution is 2.27. The molecule has 1 N–H and O–H groups in total. The molecule has 3 heteroatoms. The minimum absolute atomic E-state index is 0.0928. The van der Waals surface area contributed by atoms with Crippen LogP contribution in [0.2, 0.25) is 5.02 Å². The molecule has 27 heavy (non-hydrogen) atoms. The molecule has 0 aliphatic carbocycles. The van der Waals surface area contributed by atoms with E-state index in [9.17, 15) is 4.79 Å². The summed E-state index contributed by atoms with van der Waals surface area (Å²) in [6.07, 6.45) is 4.19. The summed E-state index contributed by atoms with van der Waals surface area (Å²) in [6, 6.07) is 28.2. The van der Waals surface area contributed by atoms with E-state index in [1.165, 1.54) is 11.1 Å². The average molecular weight is 376 g/mol. The Labute approximate surface area is 165 Å². The highest BCUT2D eigenvalue weighted by Gasteiger charge is 2.13. The van der Waals surface area contributed by atoms with Crippen LogP contribution in [0.25, 0.3) is 6.08 Å². The van der Waals surface area contributed by atoms with Crippen LogP contribution in [0.5, 0.6) is 0 Å². The maximum atomic E-state index is 12.1. The molecule has 3 rings (SSSR count). The molecule has 0 saturated carbocycles. The first kappa shape index (κ1) is 18.9. The van der Waals surface area contributed by atoms with Gasteiger partial charge in [0.05, 0.1) is 0 Å². The zero-order valence-electron chi connectivity index (χ0n) is 15.0. The van der Waals surface area contributed by atoms with Gasteiger partial charge >= 0.3 is 0 Å². The van der Waals surface area contributed by atoms with Crippen molar-refractivity contribution in [3.05, 3.63) is 113 Å². The Bertz CT molecular complexity index is 834. The van der Waals surface area contributed by atoms with Gasteiger partial charge in [-0.25, -0.2) is 0 Å². The molecule has 0 aliphatic rings. The van der Waals surface area contributed by atoms with Crippen LogP contribution in [-0.4, -0.2) is 12.5 Å². The molecule has 2 nitrogen and oxygen atoms in total. The molecule has 136 valence electrons. The predicted molar refractivity (Wildman–Crippen MR) is 113 cm³/mol. The summed E-state index contributed by atoms with van der Waals surface area (Å²) in [6.45, 7) is 0.609. The SMILES string of the molecule is O=C(/C=C/c1ccc(Cl)cc1)NCCC(c1ccccc1)c1ccccc1. The molecule has 0 heterocycles. The van der Waals surface area contributed by atoms with Crippen LogP contribution in [0.3, 0.4) is 0 Å². The number of halogens is 1. The van der Waals surface area contributed by atoms with Crippen LogP contribution in [-0.2, 0) is 4.79 Å². The highest BCUT2D eigenvalue weighted by molar-refractivity contribution is 6.30. The van der Waals surface area contributed by atoms with Crippen LogP contribution >= 0.6 is 11.6 Å². The Morgan fingerprint density at radius 1 is 0.852 bits per heavy atom. The summed E-state index contributed by atoms with van der Waals surface area (Å²) in [5.74, 6) is 0.165. The number of nitrogens with one attached hydrogen (secondary N) is 1. The lowest BCUT2D eigenvalue weighted by Crippen LogP contribution is -2.23. The Morgan fingerprint density at radius 3 is 1.96 bits per heavy atom. The van der Waals surface area contributed by atoms with Crippen molar-refractivity contribution >= 4 is 23.6 Å². The molecule has 0 saturated heterocycles. The molecule has 0 bridgehead atoms. The van der Waals surface area contributed by atoms with Gasteiger partial charge in [0.2, 0.25) is 5.91 Å². The van der Waals surface area contributed by atoms with Crippen LogP contribution in [0.1, 0.15) is 29.0 Å². The third kappa shape index (κ3) is 5.83. The fourth-order valence-corrected chi connectivity index (χ4v) is 3.17. The van der Waals surface area contributed by atoms with E-state index in [0.29, 0.717) is 11.6 Å². The van der Waals surface area contributed by atoms with Crippen LogP contribution in [0.15, 0.2) is 91.0 Å². The quantitative estimate of drug-likeness (QED) is 0.528. The van der Waals surface area contributed by atoms with Crippen LogP contribution < -0.4 is 5.32 Å². The predicted octanol–water partition coefficient (Wildman–Crippen LogP) is 5.69. The fourth-order valence-electron chi connectivity index (χ4n) is 3.04. The van der Waals surface area contributed by atoms with Gasteiger partial charge in [0.1, 0.15) is 0 Å². The van der Waals surface area contributed by atoms with Crippen LogP contribution in [0, 0.1) is 0 Å². The molecule has 3 aromatic rings. The van der Waals surface area contributed by atoms with Gasteiger partial charge < -0.3 is 5.32 Å². The molecular formula is C24H22ClNO. The number of benzene rings is 3.